The van der Waals surface area contributed by atoms with Gasteiger partial charge in [-0.05, 0) is 20.9 Å². The van der Waals surface area contributed by atoms with Crippen molar-refractivity contribution in [3.05, 3.63) is 12.2 Å². The molecule has 0 spiro atoms. The van der Waals surface area contributed by atoms with Crippen molar-refractivity contribution in [1.29, 1.82) is 0 Å². The average molecular weight is 228 g/mol. The lowest BCUT2D eigenvalue weighted by atomic mass is 10.4. The van der Waals surface area contributed by atoms with Crippen LogP contribution >= 0.6 is 0 Å². The number of carboxylic acids is 1. The number of carbonyl (C=O) groups excluding carboxylic acids is 1. The van der Waals surface area contributed by atoms with Crippen molar-refractivity contribution in [2.24, 2.45) is 0 Å². The molecule has 0 aliphatic rings. The average Bonchev–Trinajstić information content (AvgIpc) is 2.18. The Hall–Kier alpha value is -1.36. The maximum Gasteiger partial charge on any atom is 0.328 e. The van der Waals surface area contributed by atoms with Gasteiger partial charge in [-0.2, -0.15) is 0 Å². The van der Waals surface area contributed by atoms with E-state index in [1.807, 2.05) is 13.8 Å². The standard InChI is InChI=1S/C11H20N2O3/c1-4-13(5-2)10(14)9-12(3)8-6-7-11(15)16/h6-7H,4-5,8-9H2,1-3H3,(H,15,16). The van der Waals surface area contributed by atoms with Crippen LogP contribution in [-0.4, -0.2) is 60.0 Å². The highest BCUT2D eigenvalue weighted by molar-refractivity contribution is 5.80. The largest absolute Gasteiger partial charge is 0.478 e. The Labute approximate surface area is 96.3 Å². The molecule has 5 nitrogen and oxygen atoms in total. The summed E-state index contributed by atoms with van der Waals surface area (Å²) in [4.78, 5) is 25.4. The first-order valence-corrected chi connectivity index (χ1v) is 5.37. The molecule has 0 aromatic heterocycles. The molecule has 0 aromatic rings. The maximum atomic E-state index is 11.7. The van der Waals surface area contributed by atoms with Gasteiger partial charge in [-0.1, -0.05) is 6.08 Å². The number of carboxylic acid groups (broad SMARTS) is 1. The van der Waals surface area contributed by atoms with Crippen LogP contribution in [0.25, 0.3) is 0 Å². The highest BCUT2D eigenvalue weighted by atomic mass is 16.4. The summed E-state index contributed by atoms with van der Waals surface area (Å²) in [6.45, 7) is 6.05. The van der Waals surface area contributed by atoms with Gasteiger partial charge in [0.15, 0.2) is 0 Å². The van der Waals surface area contributed by atoms with Crippen LogP contribution in [0.2, 0.25) is 0 Å². The predicted octanol–water partition coefficient (Wildman–Crippen LogP) is 0.427. The summed E-state index contributed by atoms with van der Waals surface area (Å²) in [5.41, 5.74) is 0. The Morgan fingerprint density at radius 1 is 1.25 bits per heavy atom. The lowest BCUT2D eigenvalue weighted by Crippen LogP contribution is -2.38. The third-order valence-corrected chi connectivity index (χ3v) is 2.20. The third-order valence-electron chi connectivity index (χ3n) is 2.20. The molecule has 16 heavy (non-hydrogen) atoms. The molecule has 0 radical (unpaired) electrons. The van der Waals surface area contributed by atoms with Crippen LogP contribution in [0.4, 0.5) is 0 Å². The van der Waals surface area contributed by atoms with E-state index in [0.717, 1.165) is 6.08 Å². The number of nitrogens with zero attached hydrogens (tertiary/aromatic N) is 2. The fourth-order valence-electron chi connectivity index (χ4n) is 1.31. The molecule has 0 aliphatic heterocycles. The molecule has 5 heteroatoms. The molecule has 0 bridgehead atoms. The third kappa shape index (κ3) is 6.19. The highest BCUT2D eigenvalue weighted by Crippen LogP contribution is 1.92. The van der Waals surface area contributed by atoms with E-state index in [9.17, 15) is 9.59 Å². The van der Waals surface area contributed by atoms with Crippen molar-refractivity contribution in [2.75, 3.05) is 33.2 Å². The van der Waals surface area contributed by atoms with E-state index >= 15 is 0 Å². The van der Waals surface area contributed by atoms with Crippen molar-refractivity contribution in [2.45, 2.75) is 13.8 Å². The summed E-state index contributed by atoms with van der Waals surface area (Å²) in [7, 11) is 1.79. The molecular weight excluding hydrogens is 208 g/mol. The number of hydrogen-bond acceptors (Lipinski definition) is 3. The van der Waals surface area contributed by atoms with Gasteiger partial charge < -0.3 is 10.0 Å². The molecule has 0 saturated heterocycles. The first kappa shape index (κ1) is 14.6. The van der Waals surface area contributed by atoms with Crippen molar-refractivity contribution in [1.82, 2.24) is 9.80 Å². The van der Waals surface area contributed by atoms with Gasteiger partial charge in [0.2, 0.25) is 5.91 Å². The van der Waals surface area contributed by atoms with Crippen LogP contribution in [0.1, 0.15) is 13.8 Å². The summed E-state index contributed by atoms with van der Waals surface area (Å²) in [6.07, 6.45) is 2.61. The van der Waals surface area contributed by atoms with E-state index in [1.54, 1.807) is 16.8 Å². The quantitative estimate of drug-likeness (QED) is 0.642. The Morgan fingerprint density at radius 3 is 2.25 bits per heavy atom. The molecule has 0 saturated carbocycles. The molecule has 0 rings (SSSR count). The van der Waals surface area contributed by atoms with Gasteiger partial charge in [0.1, 0.15) is 0 Å². The summed E-state index contributed by atoms with van der Waals surface area (Å²) >= 11 is 0. The van der Waals surface area contributed by atoms with E-state index in [4.69, 9.17) is 5.11 Å². The first-order chi connectivity index (χ1) is 7.51. The fraction of sp³-hybridized carbons (Fsp3) is 0.636. The molecule has 0 aliphatic carbocycles. The molecule has 1 amide bonds. The second-order valence-electron chi connectivity index (χ2n) is 3.50. The van der Waals surface area contributed by atoms with Crippen LogP contribution in [-0.2, 0) is 9.59 Å². The Balaban J connectivity index is 3.99. The van der Waals surface area contributed by atoms with Gasteiger partial charge in [-0.25, -0.2) is 4.79 Å². The number of likely N-dealkylation sites (N-methyl/N-ethyl adjacent to an activating group) is 2. The molecular formula is C11H20N2O3. The lowest BCUT2D eigenvalue weighted by molar-refractivity contribution is -0.132. The molecule has 0 unspecified atom stereocenters. The second kappa shape index (κ2) is 7.87. The van der Waals surface area contributed by atoms with Crippen LogP contribution < -0.4 is 0 Å². The van der Waals surface area contributed by atoms with E-state index in [1.165, 1.54) is 6.08 Å². The van der Waals surface area contributed by atoms with E-state index < -0.39 is 5.97 Å². The SMILES string of the molecule is CCN(CC)C(=O)CN(C)CC=CC(=O)O. The van der Waals surface area contributed by atoms with Gasteiger partial charge >= 0.3 is 5.97 Å². The van der Waals surface area contributed by atoms with Gasteiger partial charge in [0.05, 0.1) is 6.54 Å². The Kier molecular flexibility index (Phi) is 7.20. The monoisotopic (exact) mass is 228 g/mol. The number of rotatable bonds is 7. The van der Waals surface area contributed by atoms with Crippen LogP contribution in [0.3, 0.4) is 0 Å². The lowest BCUT2D eigenvalue weighted by Gasteiger charge is -2.22. The summed E-state index contributed by atoms with van der Waals surface area (Å²) < 4.78 is 0. The summed E-state index contributed by atoms with van der Waals surface area (Å²) in [5.74, 6) is -0.903. The molecule has 1 N–H and O–H groups in total. The summed E-state index contributed by atoms with van der Waals surface area (Å²) in [6, 6.07) is 0. The van der Waals surface area contributed by atoms with Gasteiger partial charge in [-0.15, -0.1) is 0 Å². The molecule has 0 atom stereocenters. The van der Waals surface area contributed by atoms with Gasteiger partial charge in [0, 0.05) is 25.7 Å². The molecule has 0 aromatic carbocycles. The van der Waals surface area contributed by atoms with E-state index in [0.29, 0.717) is 26.2 Å². The molecule has 92 valence electrons. The number of amides is 1. The normalized spacial score (nSPS) is 11.0. The number of aliphatic carboxylic acids is 1. The molecule has 0 fully saturated rings. The maximum absolute atomic E-state index is 11.7. The fourth-order valence-corrected chi connectivity index (χ4v) is 1.31. The van der Waals surface area contributed by atoms with E-state index in [2.05, 4.69) is 0 Å². The van der Waals surface area contributed by atoms with E-state index in [-0.39, 0.29) is 5.91 Å². The van der Waals surface area contributed by atoms with Crippen LogP contribution in [0, 0.1) is 0 Å². The Morgan fingerprint density at radius 2 is 1.81 bits per heavy atom. The zero-order valence-electron chi connectivity index (χ0n) is 10.1. The predicted molar refractivity (Wildman–Crippen MR) is 62.2 cm³/mol. The Bertz CT molecular complexity index is 260. The minimum atomic E-state index is -0.969. The van der Waals surface area contributed by atoms with Crippen molar-refractivity contribution < 1.29 is 14.7 Å². The van der Waals surface area contributed by atoms with Gasteiger partial charge in [-0.3, -0.25) is 9.69 Å². The number of hydrogen-bond donors (Lipinski definition) is 1. The second-order valence-corrected chi connectivity index (χ2v) is 3.50. The van der Waals surface area contributed by atoms with Gasteiger partial charge in [0.25, 0.3) is 0 Å². The van der Waals surface area contributed by atoms with Crippen molar-refractivity contribution >= 4 is 11.9 Å². The van der Waals surface area contributed by atoms with Crippen LogP contribution in [0.5, 0.6) is 0 Å². The van der Waals surface area contributed by atoms with Crippen LogP contribution in [0.15, 0.2) is 12.2 Å². The number of carbonyl (C=O) groups is 2. The molecule has 0 heterocycles. The minimum Gasteiger partial charge on any atom is -0.478 e. The topological polar surface area (TPSA) is 60.9 Å². The zero-order valence-corrected chi connectivity index (χ0v) is 10.1. The first-order valence-electron chi connectivity index (χ1n) is 5.37. The highest BCUT2D eigenvalue weighted by Gasteiger charge is 2.11. The summed E-state index contributed by atoms with van der Waals surface area (Å²) in [5, 5.41) is 8.39. The minimum absolute atomic E-state index is 0.0659. The smallest absolute Gasteiger partial charge is 0.328 e. The van der Waals surface area contributed by atoms with Crippen molar-refractivity contribution in [3.63, 3.8) is 0 Å². The zero-order chi connectivity index (χ0) is 12.6. The van der Waals surface area contributed by atoms with Crippen molar-refractivity contribution in [3.8, 4) is 0 Å².